The molecule has 1 aromatic heterocycles. The molecule has 1 aliphatic rings. The minimum Gasteiger partial charge on any atom is -0.356 e. The van der Waals surface area contributed by atoms with Gasteiger partial charge in [-0.2, -0.15) is 0 Å². The van der Waals surface area contributed by atoms with Crippen LogP contribution in [0.1, 0.15) is 34.1 Å². The zero-order chi connectivity index (χ0) is 21.3. The summed E-state index contributed by atoms with van der Waals surface area (Å²) in [6, 6.07) is 12.3. The van der Waals surface area contributed by atoms with Crippen LogP contribution >= 0.6 is 23.2 Å². The minimum atomic E-state index is -0.340. The lowest BCUT2D eigenvalue weighted by molar-refractivity contribution is -0.121. The molecule has 1 aliphatic heterocycles. The smallest absolute Gasteiger partial charge is 0.254 e. The van der Waals surface area contributed by atoms with E-state index in [1.54, 1.807) is 29.2 Å². The number of fused-ring (bicyclic) bond motifs is 3. The van der Waals surface area contributed by atoms with Crippen molar-refractivity contribution in [3.05, 3.63) is 69.3 Å². The number of nitrogens with zero attached hydrogens (tertiary/aromatic N) is 1. The molecule has 0 spiro atoms. The summed E-state index contributed by atoms with van der Waals surface area (Å²) in [5.41, 5.74) is 9.01. The van der Waals surface area contributed by atoms with Crippen LogP contribution in [-0.4, -0.2) is 41.3 Å². The highest BCUT2D eigenvalue weighted by molar-refractivity contribution is 6.31. The first-order valence-corrected chi connectivity index (χ1v) is 10.6. The van der Waals surface area contributed by atoms with Crippen LogP contribution in [0.3, 0.4) is 0 Å². The maximum Gasteiger partial charge on any atom is 0.254 e. The van der Waals surface area contributed by atoms with Crippen molar-refractivity contribution in [3.63, 3.8) is 0 Å². The number of hydrogen-bond acceptors (Lipinski definition) is 3. The van der Waals surface area contributed by atoms with Crippen LogP contribution in [0.15, 0.2) is 42.5 Å². The molecule has 0 saturated heterocycles. The Balaban J connectivity index is 1.72. The van der Waals surface area contributed by atoms with E-state index in [9.17, 15) is 9.59 Å². The lowest BCUT2D eigenvalue weighted by Gasteiger charge is -2.36. The number of rotatable bonds is 5. The van der Waals surface area contributed by atoms with E-state index in [0.717, 1.165) is 22.2 Å². The van der Waals surface area contributed by atoms with E-state index in [4.69, 9.17) is 28.9 Å². The number of H-pyrrole nitrogens is 1. The van der Waals surface area contributed by atoms with Gasteiger partial charge >= 0.3 is 0 Å². The average Bonchev–Trinajstić information content (AvgIpc) is 3.09. The molecule has 8 heteroatoms. The van der Waals surface area contributed by atoms with Gasteiger partial charge in [0.15, 0.2) is 0 Å². The fourth-order valence-electron chi connectivity index (χ4n) is 4.01. The number of aromatic nitrogens is 1. The molecule has 1 atom stereocenters. The first kappa shape index (κ1) is 20.7. The summed E-state index contributed by atoms with van der Waals surface area (Å²) in [6.45, 7) is 1.09. The first-order valence-electron chi connectivity index (χ1n) is 9.81. The van der Waals surface area contributed by atoms with Gasteiger partial charge in [0.05, 0.1) is 6.04 Å². The number of aromatic amines is 1. The van der Waals surface area contributed by atoms with Crippen molar-refractivity contribution in [2.75, 3.05) is 19.6 Å². The summed E-state index contributed by atoms with van der Waals surface area (Å²) < 4.78 is 0. The standard InChI is InChI=1S/C22H22Cl2N4O2/c23-14-3-1-2-13(10-14)22(30)28-9-7-16-17-11-15(24)4-5-18(17)27-21(16)19(28)12-26-20(29)6-8-25/h1-5,10-11,19,27H,6-9,12,25H2,(H,26,29). The molecule has 0 bridgehead atoms. The Kier molecular flexibility index (Phi) is 5.99. The van der Waals surface area contributed by atoms with Gasteiger partial charge in [0.25, 0.3) is 5.91 Å². The molecule has 4 rings (SSSR count). The second kappa shape index (κ2) is 8.68. The largest absolute Gasteiger partial charge is 0.356 e. The van der Waals surface area contributed by atoms with Crippen molar-refractivity contribution in [2.45, 2.75) is 18.9 Å². The Morgan fingerprint density at radius 1 is 1.17 bits per heavy atom. The summed E-state index contributed by atoms with van der Waals surface area (Å²) in [4.78, 5) is 30.6. The molecule has 1 unspecified atom stereocenters. The van der Waals surface area contributed by atoms with Gasteiger partial charge in [-0.25, -0.2) is 0 Å². The Hall–Kier alpha value is -2.54. The Morgan fingerprint density at radius 2 is 1.97 bits per heavy atom. The summed E-state index contributed by atoms with van der Waals surface area (Å²) in [6.07, 6.45) is 0.930. The van der Waals surface area contributed by atoms with E-state index in [-0.39, 0.29) is 30.8 Å². The van der Waals surface area contributed by atoms with Gasteiger partial charge in [0, 0.05) is 58.3 Å². The van der Waals surface area contributed by atoms with Crippen LogP contribution in [0.5, 0.6) is 0 Å². The van der Waals surface area contributed by atoms with Gasteiger partial charge in [-0.1, -0.05) is 29.3 Å². The summed E-state index contributed by atoms with van der Waals surface area (Å²) >= 11 is 12.3. The Bertz CT molecular complexity index is 1110. The highest BCUT2D eigenvalue weighted by Crippen LogP contribution is 2.36. The number of nitrogens with one attached hydrogen (secondary N) is 2. The monoisotopic (exact) mass is 444 g/mol. The molecule has 156 valence electrons. The lowest BCUT2D eigenvalue weighted by Crippen LogP contribution is -2.45. The normalized spacial score (nSPS) is 15.8. The van der Waals surface area contributed by atoms with Gasteiger partial charge in [-0.3, -0.25) is 9.59 Å². The van der Waals surface area contributed by atoms with Crippen LogP contribution < -0.4 is 11.1 Å². The van der Waals surface area contributed by atoms with Gasteiger partial charge in [0.2, 0.25) is 5.91 Å². The third-order valence-electron chi connectivity index (χ3n) is 5.41. The van der Waals surface area contributed by atoms with Crippen molar-refractivity contribution in [1.29, 1.82) is 0 Å². The van der Waals surface area contributed by atoms with Crippen molar-refractivity contribution in [3.8, 4) is 0 Å². The molecule has 4 N–H and O–H groups in total. The highest BCUT2D eigenvalue weighted by atomic mass is 35.5. The van der Waals surface area contributed by atoms with Crippen molar-refractivity contribution in [2.24, 2.45) is 5.73 Å². The van der Waals surface area contributed by atoms with E-state index < -0.39 is 0 Å². The summed E-state index contributed by atoms with van der Waals surface area (Å²) in [7, 11) is 0. The number of carbonyl (C=O) groups excluding carboxylic acids is 2. The zero-order valence-corrected chi connectivity index (χ0v) is 17.8. The van der Waals surface area contributed by atoms with Crippen LogP contribution in [0.4, 0.5) is 0 Å². The maximum absolute atomic E-state index is 13.3. The summed E-state index contributed by atoms with van der Waals surface area (Å²) in [5, 5.41) is 5.13. The number of halogens is 2. The highest BCUT2D eigenvalue weighted by Gasteiger charge is 2.34. The van der Waals surface area contributed by atoms with Gasteiger partial charge in [0.1, 0.15) is 0 Å². The molecule has 2 heterocycles. The molecule has 0 fully saturated rings. The number of benzene rings is 2. The topological polar surface area (TPSA) is 91.2 Å². The van der Waals surface area contributed by atoms with Gasteiger partial charge in [-0.15, -0.1) is 0 Å². The maximum atomic E-state index is 13.3. The van der Waals surface area contributed by atoms with Crippen molar-refractivity contribution >= 4 is 45.9 Å². The fourth-order valence-corrected chi connectivity index (χ4v) is 4.37. The van der Waals surface area contributed by atoms with Crippen molar-refractivity contribution < 1.29 is 9.59 Å². The molecule has 0 saturated carbocycles. The molecule has 2 amide bonds. The number of hydrogen-bond donors (Lipinski definition) is 3. The van der Waals surface area contributed by atoms with Crippen LogP contribution in [0, 0.1) is 0 Å². The Labute approximate surface area is 184 Å². The van der Waals surface area contributed by atoms with E-state index in [0.29, 0.717) is 35.1 Å². The number of amides is 2. The van der Waals surface area contributed by atoms with Crippen LogP contribution in [-0.2, 0) is 11.2 Å². The Morgan fingerprint density at radius 3 is 2.73 bits per heavy atom. The van der Waals surface area contributed by atoms with Gasteiger partial charge in [-0.05, 0) is 48.4 Å². The molecule has 2 aromatic carbocycles. The SMILES string of the molecule is NCCC(=O)NCC1c2[nH]c3ccc(Cl)cc3c2CCN1C(=O)c1cccc(Cl)c1. The summed E-state index contributed by atoms with van der Waals surface area (Å²) in [5.74, 6) is -0.267. The second-order valence-electron chi connectivity index (χ2n) is 7.32. The fraction of sp³-hybridized carbons (Fsp3) is 0.273. The molecule has 3 aromatic rings. The van der Waals surface area contributed by atoms with E-state index in [1.165, 1.54) is 0 Å². The van der Waals surface area contributed by atoms with E-state index in [2.05, 4.69) is 10.3 Å². The molecule has 0 radical (unpaired) electrons. The molecule has 6 nitrogen and oxygen atoms in total. The molecular formula is C22H22Cl2N4O2. The molecule has 0 aliphatic carbocycles. The number of nitrogens with two attached hydrogens (primary N) is 1. The quantitative estimate of drug-likeness (QED) is 0.560. The van der Waals surface area contributed by atoms with E-state index in [1.807, 2.05) is 18.2 Å². The minimum absolute atomic E-state index is 0.127. The van der Waals surface area contributed by atoms with Crippen molar-refractivity contribution in [1.82, 2.24) is 15.2 Å². The molecular weight excluding hydrogens is 423 g/mol. The third-order valence-corrected chi connectivity index (χ3v) is 5.88. The predicted molar refractivity (Wildman–Crippen MR) is 119 cm³/mol. The lowest BCUT2D eigenvalue weighted by atomic mass is 9.96. The first-order chi connectivity index (χ1) is 14.5. The van der Waals surface area contributed by atoms with E-state index >= 15 is 0 Å². The van der Waals surface area contributed by atoms with Crippen LogP contribution in [0.25, 0.3) is 10.9 Å². The van der Waals surface area contributed by atoms with Crippen LogP contribution in [0.2, 0.25) is 10.0 Å². The number of carbonyl (C=O) groups is 2. The molecule has 30 heavy (non-hydrogen) atoms. The van der Waals surface area contributed by atoms with Gasteiger partial charge < -0.3 is 20.9 Å². The average molecular weight is 445 g/mol. The predicted octanol–water partition coefficient (Wildman–Crippen LogP) is 3.68. The second-order valence-corrected chi connectivity index (χ2v) is 8.20. The third kappa shape index (κ3) is 4.03. The zero-order valence-electron chi connectivity index (χ0n) is 16.3.